The van der Waals surface area contributed by atoms with Crippen LogP contribution in [0.5, 0.6) is 0 Å². The van der Waals surface area contributed by atoms with Gasteiger partial charge in [0.05, 0.1) is 23.7 Å². The lowest BCUT2D eigenvalue weighted by molar-refractivity contribution is 0.0746. The van der Waals surface area contributed by atoms with Crippen LogP contribution in [0.25, 0.3) is 0 Å². The standard InChI is InChI=1S/C14H14BrN3O2/c15-12-7-13(9-16-8-12)17-2-4-18(5-3-17)14(19)11-1-6-20-10-11/h1,6-10H,2-5H2. The molecule has 1 aliphatic rings. The SMILES string of the molecule is O=C(c1ccoc1)N1CCN(c2cncc(Br)c2)CC1. The first-order valence-corrected chi connectivity index (χ1v) is 7.20. The van der Waals surface area contributed by atoms with Crippen molar-refractivity contribution in [3.63, 3.8) is 0 Å². The van der Waals surface area contributed by atoms with E-state index in [4.69, 9.17) is 4.42 Å². The third-order valence-corrected chi connectivity index (χ3v) is 3.82. The number of anilines is 1. The fourth-order valence-electron chi connectivity index (χ4n) is 2.31. The normalized spacial score (nSPS) is 15.4. The predicted octanol–water partition coefficient (Wildman–Crippen LogP) is 2.40. The minimum atomic E-state index is 0.0331. The first-order chi connectivity index (χ1) is 9.74. The van der Waals surface area contributed by atoms with E-state index >= 15 is 0 Å². The van der Waals surface area contributed by atoms with Crippen LogP contribution in [0.4, 0.5) is 5.69 Å². The fraction of sp³-hybridized carbons (Fsp3) is 0.286. The number of pyridine rings is 1. The second-order valence-electron chi connectivity index (χ2n) is 4.65. The number of hydrogen-bond acceptors (Lipinski definition) is 4. The number of piperazine rings is 1. The summed E-state index contributed by atoms with van der Waals surface area (Å²) in [6.07, 6.45) is 6.63. The van der Waals surface area contributed by atoms with Crippen molar-refractivity contribution in [3.8, 4) is 0 Å². The molecule has 0 unspecified atom stereocenters. The van der Waals surface area contributed by atoms with E-state index in [-0.39, 0.29) is 5.91 Å². The Bertz CT molecular complexity index is 592. The molecule has 0 N–H and O–H groups in total. The van der Waals surface area contributed by atoms with Crippen LogP contribution in [0.1, 0.15) is 10.4 Å². The number of aromatic nitrogens is 1. The van der Waals surface area contributed by atoms with Crippen LogP contribution in [0.3, 0.4) is 0 Å². The summed E-state index contributed by atoms with van der Waals surface area (Å²) in [5.41, 5.74) is 1.69. The van der Waals surface area contributed by atoms with Gasteiger partial charge in [0.1, 0.15) is 6.26 Å². The van der Waals surface area contributed by atoms with E-state index in [0.29, 0.717) is 18.7 Å². The van der Waals surface area contributed by atoms with E-state index in [1.165, 1.54) is 12.5 Å². The van der Waals surface area contributed by atoms with Gasteiger partial charge in [-0.05, 0) is 28.1 Å². The molecule has 0 aromatic carbocycles. The summed E-state index contributed by atoms with van der Waals surface area (Å²) in [6, 6.07) is 3.74. The minimum absolute atomic E-state index is 0.0331. The van der Waals surface area contributed by atoms with E-state index in [9.17, 15) is 4.79 Å². The zero-order valence-electron chi connectivity index (χ0n) is 10.8. The van der Waals surface area contributed by atoms with E-state index in [1.54, 1.807) is 12.3 Å². The number of amides is 1. The Balaban J connectivity index is 1.64. The van der Waals surface area contributed by atoms with Crippen LogP contribution in [-0.4, -0.2) is 42.0 Å². The molecule has 0 aliphatic carbocycles. The van der Waals surface area contributed by atoms with Crippen LogP contribution >= 0.6 is 15.9 Å². The summed E-state index contributed by atoms with van der Waals surface area (Å²) < 4.78 is 5.92. The first-order valence-electron chi connectivity index (χ1n) is 6.41. The molecular weight excluding hydrogens is 322 g/mol. The van der Waals surface area contributed by atoms with Gasteiger partial charge in [-0.25, -0.2) is 0 Å². The average Bonchev–Trinajstić information content (AvgIpc) is 3.01. The largest absolute Gasteiger partial charge is 0.472 e. The first kappa shape index (κ1) is 13.2. The van der Waals surface area contributed by atoms with Crippen molar-refractivity contribution in [2.24, 2.45) is 0 Å². The predicted molar refractivity (Wildman–Crippen MR) is 78.8 cm³/mol. The molecule has 1 saturated heterocycles. The molecule has 0 spiro atoms. The summed E-state index contributed by atoms with van der Waals surface area (Å²) in [5.74, 6) is 0.0331. The van der Waals surface area contributed by atoms with E-state index in [2.05, 4.69) is 25.8 Å². The number of hydrogen-bond donors (Lipinski definition) is 0. The van der Waals surface area contributed by atoms with Crippen LogP contribution in [0.2, 0.25) is 0 Å². The lowest BCUT2D eigenvalue weighted by Crippen LogP contribution is -2.48. The summed E-state index contributed by atoms with van der Waals surface area (Å²) in [4.78, 5) is 20.4. The van der Waals surface area contributed by atoms with E-state index in [1.807, 2.05) is 17.2 Å². The average molecular weight is 336 g/mol. The molecule has 1 amide bonds. The maximum Gasteiger partial charge on any atom is 0.257 e. The lowest BCUT2D eigenvalue weighted by Gasteiger charge is -2.35. The second-order valence-corrected chi connectivity index (χ2v) is 5.57. The van der Waals surface area contributed by atoms with Gasteiger partial charge in [0.25, 0.3) is 5.91 Å². The topological polar surface area (TPSA) is 49.6 Å². The highest BCUT2D eigenvalue weighted by Gasteiger charge is 2.23. The summed E-state index contributed by atoms with van der Waals surface area (Å²) in [5, 5.41) is 0. The molecule has 5 nitrogen and oxygen atoms in total. The highest BCUT2D eigenvalue weighted by Crippen LogP contribution is 2.20. The van der Waals surface area contributed by atoms with Crippen molar-refractivity contribution >= 4 is 27.5 Å². The molecule has 0 bridgehead atoms. The van der Waals surface area contributed by atoms with Gasteiger partial charge in [-0.2, -0.15) is 0 Å². The molecule has 0 radical (unpaired) electrons. The Labute approximate surface area is 125 Å². The summed E-state index contributed by atoms with van der Waals surface area (Å²) in [6.45, 7) is 3.02. The van der Waals surface area contributed by atoms with Crippen molar-refractivity contribution in [1.29, 1.82) is 0 Å². The zero-order chi connectivity index (χ0) is 13.9. The van der Waals surface area contributed by atoms with E-state index in [0.717, 1.165) is 23.2 Å². The molecule has 6 heteroatoms. The Morgan fingerprint density at radius 2 is 2.05 bits per heavy atom. The molecule has 1 fully saturated rings. The van der Waals surface area contributed by atoms with Gasteiger partial charge in [0, 0.05) is 36.8 Å². The van der Waals surface area contributed by atoms with Gasteiger partial charge in [0.15, 0.2) is 0 Å². The second kappa shape index (κ2) is 5.66. The van der Waals surface area contributed by atoms with Gasteiger partial charge in [-0.3, -0.25) is 9.78 Å². The molecular formula is C14H14BrN3O2. The highest BCUT2D eigenvalue weighted by molar-refractivity contribution is 9.10. The Morgan fingerprint density at radius 1 is 1.25 bits per heavy atom. The Hall–Kier alpha value is -1.82. The monoisotopic (exact) mass is 335 g/mol. The molecule has 0 atom stereocenters. The number of furan rings is 1. The quantitative estimate of drug-likeness (QED) is 0.845. The highest BCUT2D eigenvalue weighted by atomic mass is 79.9. The van der Waals surface area contributed by atoms with Crippen LogP contribution in [-0.2, 0) is 0 Å². The Morgan fingerprint density at radius 3 is 2.70 bits per heavy atom. The summed E-state index contributed by atoms with van der Waals surface area (Å²) >= 11 is 3.43. The smallest absolute Gasteiger partial charge is 0.257 e. The van der Waals surface area contributed by atoms with Gasteiger partial charge < -0.3 is 14.2 Å². The fourth-order valence-corrected chi connectivity index (χ4v) is 2.66. The minimum Gasteiger partial charge on any atom is -0.472 e. The molecule has 3 rings (SSSR count). The molecule has 2 aromatic heterocycles. The molecule has 1 aliphatic heterocycles. The summed E-state index contributed by atoms with van der Waals surface area (Å²) in [7, 11) is 0. The Kier molecular flexibility index (Phi) is 3.73. The van der Waals surface area contributed by atoms with Gasteiger partial charge >= 0.3 is 0 Å². The molecule has 20 heavy (non-hydrogen) atoms. The number of carbonyl (C=O) groups excluding carboxylic acids is 1. The van der Waals surface area contributed by atoms with Gasteiger partial charge in [-0.1, -0.05) is 0 Å². The molecule has 0 saturated carbocycles. The lowest BCUT2D eigenvalue weighted by atomic mass is 10.2. The zero-order valence-corrected chi connectivity index (χ0v) is 12.4. The van der Waals surface area contributed by atoms with Crippen LogP contribution < -0.4 is 4.90 Å². The van der Waals surface area contributed by atoms with Crippen LogP contribution in [0.15, 0.2) is 45.9 Å². The molecule has 104 valence electrons. The number of halogens is 1. The van der Waals surface area contributed by atoms with E-state index < -0.39 is 0 Å². The van der Waals surface area contributed by atoms with Crippen molar-refractivity contribution in [1.82, 2.24) is 9.88 Å². The van der Waals surface area contributed by atoms with Gasteiger partial charge in [-0.15, -0.1) is 0 Å². The van der Waals surface area contributed by atoms with Crippen molar-refractivity contribution < 1.29 is 9.21 Å². The number of carbonyl (C=O) groups is 1. The third-order valence-electron chi connectivity index (χ3n) is 3.39. The van der Waals surface area contributed by atoms with Crippen molar-refractivity contribution in [2.75, 3.05) is 31.1 Å². The van der Waals surface area contributed by atoms with Crippen molar-refractivity contribution in [3.05, 3.63) is 47.1 Å². The number of rotatable bonds is 2. The number of nitrogens with zero attached hydrogens (tertiary/aromatic N) is 3. The van der Waals surface area contributed by atoms with Crippen molar-refractivity contribution in [2.45, 2.75) is 0 Å². The third kappa shape index (κ3) is 2.70. The maximum atomic E-state index is 12.2. The molecule has 2 aromatic rings. The van der Waals surface area contributed by atoms with Gasteiger partial charge in [0.2, 0.25) is 0 Å². The van der Waals surface area contributed by atoms with Crippen LogP contribution in [0, 0.1) is 0 Å². The molecule has 3 heterocycles. The maximum absolute atomic E-state index is 12.2.